The van der Waals surface area contributed by atoms with Crippen molar-refractivity contribution in [2.45, 2.75) is 45.6 Å². The van der Waals surface area contributed by atoms with Gasteiger partial charge >= 0.3 is 0 Å². The van der Waals surface area contributed by atoms with Crippen LogP contribution in [0.3, 0.4) is 0 Å². The zero-order chi connectivity index (χ0) is 12.3. The third-order valence-electron chi connectivity index (χ3n) is 3.35. The molecule has 0 aliphatic heterocycles. The largest absolute Gasteiger partial charge is 0.367 e. The van der Waals surface area contributed by atoms with Crippen LogP contribution in [0.25, 0.3) is 0 Å². The van der Waals surface area contributed by atoms with Gasteiger partial charge in [-0.15, -0.1) is 0 Å². The molecule has 1 aromatic rings. The molecule has 0 radical (unpaired) electrons. The van der Waals surface area contributed by atoms with E-state index in [4.69, 9.17) is 0 Å². The van der Waals surface area contributed by atoms with E-state index < -0.39 is 0 Å². The fraction of sp³-hybridized carbons (Fsp3) is 0.643. The normalized spacial score (nSPS) is 16.7. The molecule has 2 rings (SSSR count). The molecule has 0 bridgehead atoms. The molecule has 1 aliphatic rings. The molecule has 17 heavy (non-hydrogen) atoms. The Labute approximate surface area is 113 Å². The molecule has 3 heteroatoms. The van der Waals surface area contributed by atoms with E-state index in [1.165, 1.54) is 31.4 Å². The van der Waals surface area contributed by atoms with Gasteiger partial charge in [0.25, 0.3) is 0 Å². The summed E-state index contributed by atoms with van der Waals surface area (Å²) in [6.07, 6.45) is 9.26. The second kappa shape index (κ2) is 5.85. The standard InChI is InChI=1S/C14H21BrN2/c1-11(2)10-17(13-5-3-4-6-13)14-7-12(15)8-16-9-14/h7-9,11,13H,3-6,10H2,1-2H3. The predicted molar refractivity (Wildman–Crippen MR) is 76.4 cm³/mol. The van der Waals surface area contributed by atoms with Gasteiger partial charge in [-0.1, -0.05) is 26.7 Å². The van der Waals surface area contributed by atoms with Crippen molar-refractivity contribution < 1.29 is 0 Å². The maximum absolute atomic E-state index is 4.30. The average Bonchev–Trinajstić information content (AvgIpc) is 2.79. The number of aromatic nitrogens is 1. The molecule has 0 unspecified atom stereocenters. The lowest BCUT2D eigenvalue weighted by atomic mass is 10.1. The van der Waals surface area contributed by atoms with Crippen LogP contribution in [-0.2, 0) is 0 Å². The molecule has 0 aromatic carbocycles. The first-order chi connectivity index (χ1) is 8.16. The van der Waals surface area contributed by atoms with Crippen molar-refractivity contribution in [3.8, 4) is 0 Å². The van der Waals surface area contributed by atoms with Crippen LogP contribution in [0.5, 0.6) is 0 Å². The van der Waals surface area contributed by atoms with Crippen molar-refractivity contribution in [3.63, 3.8) is 0 Å². The van der Waals surface area contributed by atoms with Crippen LogP contribution in [0.2, 0.25) is 0 Å². The van der Waals surface area contributed by atoms with Crippen LogP contribution in [0.15, 0.2) is 22.9 Å². The Kier molecular flexibility index (Phi) is 4.43. The minimum Gasteiger partial charge on any atom is -0.367 e. The molecule has 1 saturated carbocycles. The molecule has 1 fully saturated rings. The fourth-order valence-corrected chi connectivity index (χ4v) is 2.99. The summed E-state index contributed by atoms with van der Waals surface area (Å²) in [5.41, 5.74) is 1.26. The van der Waals surface area contributed by atoms with Crippen molar-refractivity contribution in [1.29, 1.82) is 0 Å². The van der Waals surface area contributed by atoms with E-state index in [0.717, 1.165) is 11.0 Å². The number of halogens is 1. The Morgan fingerprint density at radius 1 is 1.35 bits per heavy atom. The molecule has 0 saturated heterocycles. The minimum absolute atomic E-state index is 0.689. The monoisotopic (exact) mass is 296 g/mol. The Morgan fingerprint density at radius 2 is 2.06 bits per heavy atom. The molecular formula is C14H21BrN2. The van der Waals surface area contributed by atoms with Gasteiger partial charge < -0.3 is 4.90 Å². The van der Waals surface area contributed by atoms with E-state index in [0.29, 0.717) is 12.0 Å². The molecule has 0 amide bonds. The van der Waals surface area contributed by atoms with Crippen LogP contribution in [0, 0.1) is 5.92 Å². The van der Waals surface area contributed by atoms with E-state index in [9.17, 15) is 0 Å². The molecule has 0 N–H and O–H groups in total. The van der Waals surface area contributed by atoms with E-state index >= 15 is 0 Å². The summed E-state index contributed by atoms with van der Waals surface area (Å²) in [5, 5.41) is 0. The van der Waals surface area contributed by atoms with Crippen LogP contribution in [0.4, 0.5) is 5.69 Å². The second-order valence-corrected chi connectivity index (χ2v) is 6.26. The van der Waals surface area contributed by atoms with Crippen LogP contribution < -0.4 is 4.90 Å². The third kappa shape index (κ3) is 3.44. The number of hydrogen-bond acceptors (Lipinski definition) is 2. The number of pyridine rings is 1. The highest BCUT2D eigenvalue weighted by Crippen LogP contribution is 2.29. The number of nitrogens with zero attached hydrogens (tertiary/aromatic N) is 2. The smallest absolute Gasteiger partial charge is 0.0566 e. The van der Waals surface area contributed by atoms with Gasteiger partial charge in [0.05, 0.1) is 11.9 Å². The van der Waals surface area contributed by atoms with Crippen LogP contribution >= 0.6 is 15.9 Å². The Balaban J connectivity index is 2.19. The molecule has 0 spiro atoms. The Hall–Kier alpha value is -0.570. The summed E-state index contributed by atoms with van der Waals surface area (Å²) in [7, 11) is 0. The zero-order valence-corrected chi connectivity index (χ0v) is 12.3. The highest BCUT2D eigenvalue weighted by atomic mass is 79.9. The van der Waals surface area contributed by atoms with Gasteiger partial charge in [0.1, 0.15) is 0 Å². The van der Waals surface area contributed by atoms with Crippen molar-refractivity contribution >= 4 is 21.6 Å². The van der Waals surface area contributed by atoms with Gasteiger partial charge in [0, 0.05) is 23.3 Å². The van der Waals surface area contributed by atoms with Gasteiger partial charge in [-0.05, 0) is 40.8 Å². The topological polar surface area (TPSA) is 16.1 Å². The highest BCUT2D eigenvalue weighted by molar-refractivity contribution is 9.10. The lowest BCUT2D eigenvalue weighted by Gasteiger charge is -2.32. The first kappa shape index (κ1) is 12.9. The van der Waals surface area contributed by atoms with Crippen molar-refractivity contribution in [2.75, 3.05) is 11.4 Å². The molecule has 0 atom stereocenters. The number of hydrogen-bond donors (Lipinski definition) is 0. The second-order valence-electron chi connectivity index (χ2n) is 5.35. The summed E-state index contributed by atoms with van der Waals surface area (Å²) in [6.45, 7) is 5.70. The van der Waals surface area contributed by atoms with E-state index in [-0.39, 0.29) is 0 Å². The number of anilines is 1. The SMILES string of the molecule is CC(C)CN(c1cncc(Br)c1)C1CCCC1. The molecule has 94 valence electrons. The van der Waals surface area contributed by atoms with Gasteiger partial charge in [0.2, 0.25) is 0 Å². The maximum atomic E-state index is 4.30. The Bertz CT molecular complexity index is 359. The average molecular weight is 297 g/mol. The van der Waals surface area contributed by atoms with Gasteiger partial charge in [-0.3, -0.25) is 4.98 Å². The lowest BCUT2D eigenvalue weighted by Crippen LogP contribution is -2.36. The molecular weight excluding hydrogens is 276 g/mol. The molecule has 1 aromatic heterocycles. The minimum atomic E-state index is 0.689. The van der Waals surface area contributed by atoms with Crippen LogP contribution in [0.1, 0.15) is 39.5 Å². The first-order valence-electron chi connectivity index (χ1n) is 6.54. The number of rotatable bonds is 4. The van der Waals surface area contributed by atoms with E-state index in [1.54, 1.807) is 0 Å². The van der Waals surface area contributed by atoms with Crippen molar-refractivity contribution in [1.82, 2.24) is 4.98 Å². The third-order valence-corrected chi connectivity index (χ3v) is 3.78. The van der Waals surface area contributed by atoms with Gasteiger partial charge in [0.15, 0.2) is 0 Å². The van der Waals surface area contributed by atoms with Gasteiger partial charge in [-0.2, -0.15) is 0 Å². The fourth-order valence-electron chi connectivity index (χ4n) is 2.63. The van der Waals surface area contributed by atoms with Gasteiger partial charge in [-0.25, -0.2) is 0 Å². The quantitative estimate of drug-likeness (QED) is 0.826. The van der Waals surface area contributed by atoms with Crippen molar-refractivity contribution in [3.05, 3.63) is 22.9 Å². The summed E-state index contributed by atoms with van der Waals surface area (Å²) in [4.78, 5) is 6.85. The lowest BCUT2D eigenvalue weighted by molar-refractivity contribution is 0.535. The zero-order valence-electron chi connectivity index (χ0n) is 10.7. The highest BCUT2D eigenvalue weighted by Gasteiger charge is 2.23. The van der Waals surface area contributed by atoms with E-state index in [1.807, 2.05) is 12.4 Å². The Morgan fingerprint density at radius 3 is 2.65 bits per heavy atom. The maximum Gasteiger partial charge on any atom is 0.0566 e. The van der Waals surface area contributed by atoms with Crippen molar-refractivity contribution in [2.24, 2.45) is 5.92 Å². The van der Waals surface area contributed by atoms with E-state index in [2.05, 4.69) is 45.7 Å². The summed E-state index contributed by atoms with van der Waals surface area (Å²) in [5.74, 6) is 0.689. The predicted octanol–water partition coefficient (Wildman–Crippen LogP) is 4.25. The first-order valence-corrected chi connectivity index (χ1v) is 7.33. The summed E-state index contributed by atoms with van der Waals surface area (Å²) < 4.78 is 1.07. The summed E-state index contributed by atoms with van der Waals surface area (Å²) in [6, 6.07) is 2.90. The molecule has 1 heterocycles. The summed E-state index contributed by atoms with van der Waals surface area (Å²) >= 11 is 3.52. The van der Waals surface area contributed by atoms with Crippen LogP contribution in [-0.4, -0.2) is 17.6 Å². The molecule has 1 aliphatic carbocycles. The molecule has 2 nitrogen and oxygen atoms in total.